The van der Waals surface area contributed by atoms with Crippen LogP contribution < -0.4 is 5.73 Å². The van der Waals surface area contributed by atoms with Crippen LogP contribution in [-0.2, 0) is 6.42 Å². The molecule has 22 heavy (non-hydrogen) atoms. The maximum absolute atomic E-state index is 12.7. The molecule has 3 rings (SSSR count). The number of anilines is 1. The summed E-state index contributed by atoms with van der Waals surface area (Å²) in [7, 11) is 0. The molecule has 1 aliphatic heterocycles. The molecule has 0 aromatic carbocycles. The zero-order valence-electron chi connectivity index (χ0n) is 13.3. The van der Waals surface area contributed by atoms with Gasteiger partial charge in [-0.1, -0.05) is 20.3 Å². The zero-order valence-corrected chi connectivity index (χ0v) is 14.1. The second-order valence-corrected chi connectivity index (χ2v) is 7.22. The summed E-state index contributed by atoms with van der Waals surface area (Å²) in [5.74, 6) is 0.784. The van der Waals surface area contributed by atoms with E-state index < -0.39 is 0 Å². The van der Waals surface area contributed by atoms with Crippen LogP contribution in [0.4, 0.5) is 5.69 Å². The number of thiophene rings is 1. The van der Waals surface area contributed by atoms with Crippen molar-refractivity contribution in [2.45, 2.75) is 39.5 Å². The molecular weight excluding hydrogens is 294 g/mol. The highest BCUT2D eigenvalue weighted by Gasteiger charge is 2.25. The summed E-state index contributed by atoms with van der Waals surface area (Å²) in [4.78, 5) is 20.9. The second kappa shape index (κ2) is 6.24. The maximum Gasteiger partial charge on any atom is 0.266 e. The number of hydrogen-bond donors (Lipinski definition) is 1. The van der Waals surface area contributed by atoms with Gasteiger partial charge in [0.15, 0.2) is 0 Å². The van der Waals surface area contributed by atoms with Gasteiger partial charge in [-0.15, -0.1) is 11.3 Å². The van der Waals surface area contributed by atoms with E-state index in [-0.39, 0.29) is 5.91 Å². The Morgan fingerprint density at radius 1 is 1.41 bits per heavy atom. The Balaban J connectivity index is 1.90. The second-order valence-electron chi connectivity index (χ2n) is 6.22. The number of nitrogen functional groups attached to an aromatic ring is 1. The number of nitrogens with zero attached hydrogens (tertiary/aromatic N) is 2. The van der Waals surface area contributed by atoms with E-state index in [4.69, 9.17) is 5.73 Å². The summed E-state index contributed by atoms with van der Waals surface area (Å²) in [6.07, 6.45) is 4.18. The fraction of sp³-hybridized carbons (Fsp3) is 0.529. The first-order valence-corrected chi connectivity index (χ1v) is 8.89. The minimum absolute atomic E-state index is 0.0736. The summed E-state index contributed by atoms with van der Waals surface area (Å²) in [6.45, 7) is 6.06. The molecule has 1 aliphatic rings. The number of pyridine rings is 1. The molecule has 5 heteroatoms. The van der Waals surface area contributed by atoms with Crippen LogP contribution >= 0.6 is 11.3 Å². The van der Waals surface area contributed by atoms with E-state index >= 15 is 0 Å². The van der Waals surface area contributed by atoms with Gasteiger partial charge < -0.3 is 10.6 Å². The number of fused-ring (bicyclic) bond motifs is 1. The van der Waals surface area contributed by atoms with Crippen LogP contribution in [0, 0.1) is 5.92 Å². The number of rotatable bonds is 3. The molecule has 0 unspecified atom stereocenters. The Morgan fingerprint density at radius 3 is 2.82 bits per heavy atom. The lowest BCUT2D eigenvalue weighted by molar-refractivity contribution is 0.0703. The van der Waals surface area contributed by atoms with Gasteiger partial charge in [-0.3, -0.25) is 4.79 Å². The first-order valence-electron chi connectivity index (χ1n) is 8.07. The van der Waals surface area contributed by atoms with E-state index in [1.807, 2.05) is 17.0 Å². The van der Waals surface area contributed by atoms with Gasteiger partial charge in [-0.2, -0.15) is 0 Å². The van der Waals surface area contributed by atoms with E-state index in [2.05, 4.69) is 18.8 Å². The average Bonchev–Trinajstić information content (AvgIpc) is 2.84. The van der Waals surface area contributed by atoms with Crippen molar-refractivity contribution >= 4 is 33.1 Å². The van der Waals surface area contributed by atoms with Gasteiger partial charge in [0.2, 0.25) is 0 Å². The number of carbonyl (C=O) groups excluding carboxylic acids is 1. The highest BCUT2D eigenvalue weighted by molar-refractivity contribution is 7.21. The summed E-state index contributed by atoms with van der Waals surface area (Å²) in [5, 5.41) is 0.915. The fourth-order valence-corrected chi connectivity index (χ4v) is 4.03. The molecule has 0 atom stereocenters. The molecule has 4 nitrogen and oxygen atoms in total. The predicted molar refractivity (Wildman–Crippen MR) is 92.3 cm³/mol. The Bertz CT molecular complexity index is 687. The highest BCUT2D eigenvalue weighted by atomic mass is 32.1. The molecule has 3 heterocycles. The van der Waals surface area contributed by atoms with Crippen LogP contribution in [-0.4, -0.2) is 28.9 Å². The average molecular weight is 317 g/mol. The van der Waals surface area contributed by atoms with Crippen molar-refractivity contribution in [1.82, 2.24) is 9.88 Å². The Kier molecular flexibility index (Phi) is 4.34. The largest absolute Gasteiger partial charge is 0.397 e. The van der Waals surface area contributed by atoms with Crippen molar-refractivity contribution in [2.24, 2.45) is 5.92 Å². The molecule has 1 saturated heterocycles. The molecule has 0 spiro atoms. The van der Waals surface area contributed by atoms with Crippen molar-refractivity contribution < 1.29 is 4.79 Å². The number of amides is 1. The lowest BCUT2D eigenvalue weighted by Crippen LogP contribution is -2.37. The van der Waals surface area contributed by atoms with Crippen LogP contribution in [0.2, 0.25) is 0 Å². The number of likely N-dealkylation sites (tertiary alicyclic amines) is 1. The van der Waals surface area contributed by atoms with Crippen molar-refractivity contribution in [3.05, 3.63) is 22.7 Å². The number of carbonyl (C=O) groups is 1. The monoisotopic (exact) mass is 317 g/mol. The van der Waals surface area contributed by atoms with E-state index in [1.54, 1.807) is 0 Å². The molecule has 0 bridgehead atoms. The van der Waals surface area contributed by atoms with Crippen LogP contribution in [0.1, 0.15) is 48.5 Å². The lowest BCUT2D eigenvalue weighted by atomic mass is 9.99. The van der Waals surface area contributed by atoms with Gasteiger partial charge >= 0.3 is 0 Å². The minimum Gasteiger partial charge on any atom is -0.397 e. The third-order valence-corrected chi connectivity index (χ3v) is 5.53. The quantitative estimate of drug-likeness (QED) is 0.939. The molecule has 1 fully saturated rings. The Morgan fingerprint density at radius 2 is 2.14 bits per heavy atom. The summed E-state index contributed by atoms with van der Waals surface area (Å²) < 4.78 is 0. The van der Waals surface area contributed by atoms with E-state index in [0.29, 0.717) is 16.5 Å². The van der Waals surface area contributed by atoms with E-state index in [0.717, 1.165) is 54.7 Å². The molecule has 118 valence electrons. The van der Waals surface area contributed by atoms with Gasteiger partial charge in [-0.25, -0.2) is 4.98 Å². The number of nitrogens with two attached hydrogens (primary N) is 1. The lowest BCUT2D eigenvalue weighted by Gasteiger charge is -2.30. The summed E-state index contributed by atoms with van der Waals surface area (Å²) in [6, 6.07) is 4.03. The molecule has 1 amide bonds. The van der Waals surface area contributed by atoms with Gasteiger partial charge in [0.25, 0.3) is 5.91 Å². The molecule has 0 aliphatic carbocycles. The number of piperidine rings is 1. The smallest absolute Gasteiger partial charge is 0.266 e. The van der Waals surface area contributed by atoms with Gasteiger partial charge in [0.1, 0.15) is 9.71 Å². The van der Waals surface area contributed by atoms with Crippen molar-refractivity contribution in [3.63, 3.8) is 0 Å². The minimum atomic E-state index is 0.0736. The zero-order chi connectivity index (χ0) is 15.7. The van der Waals surface area contributed by atoms with Crippen LogP contribution in [0.5, 0.6) is 0 Å². The third kappa shape index (κ3) is 2.82. The summed E-state index contributed by atoms with van der Waals surface area (Å²) >= 11 is 1.44. The van der Waals surface area contributed by atoms with Crippen molar-refractivity contribution in [2.75, 3.05) is 18.8 Å². The molecular formula is C17H23N3OS. The van der Waals surface area contributed by atoms with Gasteiger partial charge in [0.05, 0.1) is 5.69 Å². The summed E-state index contributed by atoms with van der Waals surface area (Å²) in [5.41, 5.74) is 7.89. The van der Waals surface area contributed by atoms with Crippen molar-refractivity contribution in [3.8, 4) is 0 Å². The van der Waals surface area contributed by atoms with E-state index in [9.17, 15) is 4.79 Å². The van der Waals surface area contributed by atoms with Crippen LogP contribution in [0.3, 0.4) is 0 Å². The van der Waals surface area contributed by atoms with Gasteiger partial charge in [0, 0.05) is 24.2 Å². The van der Waals surface area contributed by atoms with Crippen LogP contribution in [0.25, 0.3) is 10.2 Å². The molecule has 0 radical (unpaired) electrons. The van der Waals surface area contributed by atoms with Gasteiger partial charge in [-0.05, 0) is 37.3 Å². The molecule has 0 saturated carbocycles. The molecule has 2 aromatic rings. The maximum atomic E-state index is 12.7. The highest BCUT2D eigenvalue weighted by Crippen LogP contribution is 2.34. The fourth-order valence-electron chi connectivity index (χ4n) is 2.95. The predicted octanol–water partition coefficient (Wildman–Crippen LogP) is 3.70. The molecule has 2 aromatic heterocycles. The Labute approximate surface area is 135 Å². The SMILES string of the molecule is CCCc1ccc2c(N)c(C(=O)N3CCC(C)CC3)sc2n1. The molecule has 2 N–H and O–H groups in total. The topological polar surface area (TPSA) is 59.2 Å². The number of aromatic nitrogens is 1. The van der Waals surface area contributed by atoms with Crippen molar-refractivity contribution in [1.29, 1.82) is 0 Å². The number of hydrogen-bond acceptors (Lipinski definition) is 4. The third-order valence-electron chi connectivity index (χ3n) is 4.42. The number of aryl methyl sites for hydroxylation is 1. The first kappa shape index (κ1) is 15.3. The van der Waals surface area contributed by atoms with E-state index in [1.165, 1.54) is 11.3 Å². The standard InChI is InChI=1S/C17H23N3OS/c1-3-4-12-5-6-13-14(18)15(22-16(13)19-12)17(21)20-9-7-11(2)8-10-20/h5-6,11H,3-4,7-10,18H2,1-2H3. The normalized spacial score (nSPS) is 16.4. The Hall–Kier alpha value is -1.62. The van der Waals surface area contributed by atoms with Crippen LogP contribution in [0.15, 0.2) is 12.1 Å². The first-order chi connectivity index (χ1) is 10.6.